The maximum Gasteiger partial charge on any atom is 0.256 e. The van der Waals surface area contributed by atoms with Crippen molar-refractivity contribution in [3.63, 3.8) is 0 Å². The predicted octanol–water partition coefficient (Wildman–Crippen LogP) is 1.84. The fourth-order valence-corrected chi connectivity index (χ4v) is 1.93. The molecule has 1 heterocycles. The normalized spacial score (nSPS) is 20.4. The Morgan fingerprint density at radius 1 is 1.53 bits per heavy atom. The van der Waals surface area contributed by atoms with E-state index in [0.29, 0.717) is 6.61 Å². The number of para-hydroxylation sites is 2. The average molecular weight is 235 g/mol. The van der Waals surface area contributed by atoms with Crippen molar-refractivity contribution in [3.05, 3.63) is 24.3 Å². The van der Waals surface area contributed by atoms with Gasteiger partial charge in [0.15, 0.2) is 0 Å². The lowest BCUT2D eigenvalue weighted by Crippen LogP contribution is -2.49. The Kier molecular flexibility index (Phi) is 3.33. The van der Waals surface area contributed by atoms with Crippen LogP contribution in [0, 0.1) is 0 Å². The molecule has 0 fully saturated rings. The summed E-state index contributed by atoms with van der Waals surface area (Å²) in [5.74, 6) is 0.720. The second kappa shape index (κ2) is 4.75. The summed E-state index contributed by atoms with van der Waals surface area (Å²) in [7, 11) is 1.54. The zero-order chi connectivity index (χ0) is 12.4. The Bertz CT molecular complexity index is 419. The third kappa shape index (κ3) is 2.13. The fraction of sp³-hybridized carbons (Fsp3) is 0.462. The van der Waals surface area contributed by atoms with E-state index >= 15 is 0 Å². The molecule has 1 aromatic rings. The summed E-state index contributed by atoms with van der Waals surface area (Å²) in [5.41, 5.74) is 0.820. The molecule has 0 bridgehead atoms. The van der Waals surface area contributed by atoms with Gasteiger partial charge in [-0.15, -0.1) is 0 Å². The van der Waals surface area contributed by atoms with Crippen molar-refractivity contribution in [1.82, 2.24) is 0 Å². The fourth-order valence-electron chi connectivity index (χ4n) is 1.93. The minimum Gasteiger partial charge on any atom is -0.489 e. The molecule has 0 aliphatic carbocycles. The second-order valence-electron chi connectivity index (χ2n) is 4.21. The maximum absolute atomic E-state index is 12.2. The van der Waals surface area contributed by atoms with Crippen molar-refractivity contribution in [2.75, 3.05) is 18.6 Å². The lowest BCUT2D eigenvalue weighted by atomic mass is 10.1. The third-order valence-electron chi connectivity index (χ3n) is 2.98. The predicted molar refractivity (Wildman–Crippen MR) is 65.4 cm³/mol. The molecule has 0 spiro atoms. The third-order valence-corrected chi connectivity index (χ3v) is 2.98. The Hall–Kier alpha value is -1.55. The van der Waals surface area contributed by atoms with E-state index in [0.717, 1.165) is 11.4 Å². The van der Waals surface area contributed by atoms with Crippen molar-refractivity contribution in [2.45, 2.75) is 26.0 Å². The minimum atomic E-state index is -0.441. The molecular formula is C13H17NO3. The summed E-state index contributed by atoms with van der Waals surface area (Å²) in [5, 5.41) is 0. The van der Waals surface area contributed by atoms with Gasteiger partial charge in [-0.3, -0.25) is 4.79 Å². The van der Waals surface area contributed by atoms with E-state index in [-0.39, 0.29) is 11.9 Å². The Balaban J connectivity index is 2.36. The lowest BCUT2D eigenvalue weighted by Gasteiger charge is -2.36. The molecule has 1 aliphatic heterocycles. The molecule has 1 aliphatic rings. The van der Waals surface area contributed by atoms with Crippen LogP contribution >= 0.6 is 0 Å². The molecule has 0 aromatic heterocycles. The molecule has 4 heteroatoms. The van der Waals surface area contributed by atoms with Crippen molar-refractivity contribution in [1.29, 1.82) is 0 Å². The van der Waals surface area contributed by atoms with Gasteiger partial charge >= 0.3 is 0 Å². The maximum atomic E-state index is 12.2. The molecule has 0 saturated heterocycles. The molecule has 17 heavy (non-hydrogen) atoms. The van der Waals surface area contributed by atoms with E-state index in [9.17, 15) is 4.79 Å². The number of amides is 1. The smallest absolute Gasteiger partial charge is 0.256 e. The van der Waals surface area contributed by atoms with Crippen LogP contribution in [0.5, 0.6) is 5.75 Å². The van der Waals surface area contributed by atoms with Crippen molar-refractivity contribution < 1.29 is 14.3 Å². The van der Waals surface area contributed by atoms with Gasteiger partial charge in [0, 0.05) is 7.11 Å². The van der Waals surface area contributed by atoms with Gasteiger partial charge in [0.1, 0.15) is 18.5 Å². The number of carbonyl (C=O) groups excluding carboxylic acids is 1. The van der Waals surface area contributed by atoms with Gasteiger partial charge < -0.3 is 14.4 Å². The summed E-state index contributed by atoms with van der Waals surface area (Å²) in [6.07, 6.45) is -0.441. The van der Waals surface area contributed by atoms with E-state index < -0.39 is 6.10 Å². The Labute approximate surface area is 101 Å². The van der Waals surface area contributed by atoms with Crippen LogP contribution in [0.3, 0.4) is 0 Å². The van der Waals surface area contributed by atoms with Crippen molar-refractivity contribution in [3.8, 4) is 5.75 Å². The number of fused-ring (bicyclic) bond motifs is 1. The number of methoxy groups -OCH3 is 1. The van der Waals surface area contributed by atoms with Crippen LogP contribution in [0.4, 0.5) is 5.69 Å². The first-order valence-electron chi connectivity index (χ1n) is 5.73. The molecule has 4 nitrogen and oxygen atoms in total. The Morgan fingerprint density at radius 2 is 2.24 bits per heavy atom. The first-order chi connectivity index (χ1) is 8.15. The van der Waals surface area contributed by atoms with Crippen molar-refractivity contribution >= 4 is 11.6 Å². The minimum absolute atomic E-state index is 0.0231. The van der Waals surface area contributed by atoms with Crippen LogP contribution in [0.1, 0.15) is 13.8 Å². The highest BCUT2D eigenvalue weighted by Gasteiger charge is 2.31. The molecule has 2 rings (SSSR count). The largest absolute Gasteiger partial charge is 0.489 e. The highest BCUT2D eigenvalue weighted by atomic mass is 16.5. The number of benzene rings is 1. The number of hydrogen-bond acceptors (Lipinski definition) is 3. The highest BCUT2D eigenvalue weighted by molar-refractivity contribution is 5.98. The van der Waals surface area contributed by atoms with Crippen LogP contribution in [-0.2, 0) is 9.53 Å². The van der Waals surface area contributed by atoms with Crippen LogP contribution in [-0.4, -0.2) is 31.8 Å². The number of rotatable bonds is 2. The first-order valence-corrected chi connectivity index (χ1v) is 5.73. The molecule has 1 aromatic carbocycles. The number of nitrogens with zero attached hydrogens (tertiary/aromatic N) is 1. The monoisotopic (exact) mass is 235 g/mol. The van der Waals surface area contributed by atoms with E-state index in [1.54, 1.807) is 18.9 Å². The van der Waals surface area contributed by atoms with Gasteiger partial charge in [0.05, 0.1) is 11.7 Å². The van der Waals surface area contributed by atoms with Crippen LogP contribution in [0.2, 0.25) is 0 Å². The second-order valence-corrected chi connectivity index (χ2v) is 4.21. The van der Waals surface area contributed by atoms with Gasteiger partial charge in [-0.05, 0) is 26.0 Å². The van der Waals surface area contributed by atoms with E-state index in [2.05, 4.69) is 0 Å². The zero-order valence-corrected chi connectivity index (χ0v) is 10.3. The molecule has 0 saturated carbocycles. The van der Waals surface area contributed by atoms with Gasteiger partial charge in [-0.2, -0.15) is 0 Å². The summed E-state index contributed by atoms with van der Waals surface area (Å²) in [6, 6.07) is 7.59. The van der Waals surface area contributed by atoms with Gasteiger partial charge in [-0.25, -0.2) is 0 Å². The quantitative estimate of drug-likeness (QED) is 0.785. The molecule has 2 unspecified atom stereocenters. The zero-order valence-electron chi connectivity index (χ0n) is 10.3. The standard InChI is InChI=1S/C13H17NO3/c1-9-8-17-12-7-5-4-6-11(12)14(9)13(15)10(2)16-3/h4-7,9-10H,8H2,1-3H3. The Morgan fingerprint density at radius 3 is 2.94 bits per heavy atom. The average Bonchev–Trinajstić information content (AvgIpc) is 2.37. The van der Waals surface area contributed by atoms with Crippen LogP contribution in [0.15, 0.2) is 24.3 Å². The van der Waals surface area contributed by atoms with Crippen LogP contribution < -0.4 is 9.64 Å². The number of ether oxygens (including phenoxy) is 2. The summed E-state index contributed by atoms with van der Waals surface area (Å²) >= 11 is 0. The summed E-state index contributed by atoms with van der Waals surface area (Å²) < 4.78 is 10.7. The molecule has 0 N–H and O–H groups in total. The molecule has 0 radical (unpaired) electrons. The molecule has 92 valence electrons. The topological polar surface area (TPSA) is 38.8 Å². The summed E-state index contributed by atoms with van der Waals surface area (Å²) in [6.45, 7) is 4.24. The number of anilines is 1. The van der Waals surface area contributed by atoms with E-state index in [4.69, 9.17) is 9.47 Å². The van der Waals surface area contributed by atoms with E-state index in [1.807, 2.05) is 31.2 Å². The SMILES string of the molecule is COC(C)C(=O)N1c2ccccc2OCC1C. The summed E-state index contributed by atoms with van der Waals surface area (Å²) in [4.78, 5) is 14.0. The van der Waals surface area contributed by atoms with Gasteiger partial charge in [0.2, 0.25) is 0 Å². The number of hydrogen-bond donors (Lipinski definition) is 0. The van der Waals surface area contributed by atoms with Crippen molar-refractivity contribution in [2.24, 2.45) is 0 Å². The van der Waals surface area contributed by atoms with Gasteiger partial charge in [0.25, 0.3) is 5.91 Å². The lowest BCUT2D eigenvalue weighted by molar-refractivity contribution is -0.128. The molecular weight excluding hydrogens is 218 g/mol. The van der Waals surface area contributed by atoms with E-state index in [1.165, 1.54) is 0 Å². The number of carbonyl (C=O) groups is 1. The highest BCUT2D eigenvalue weighted by Crippen LogP contribution is 2.33. The first kappa shape index (κ1) is 11.9. The molecule has 2 atom stereocenters. The van der Waals surface area contributed by atoms with Gasteiger partial charge in [-0.1, -0.05) is 12.1 Å². The molecule has 1 amide bonds. The van der Waals surface area contributed by atoms with Crippen LogP contribution in [0.25, 0.3) is 0 Å².